The molecule has 4 nitrogen and oxygen atoms in total. The minimum Gasteiger partial charge on any atom is -0.506 e. The van der Waals surface area contributed by atoms with Crippen LogP contribution in [0, 0.1) is 6.92 Å². The van der Waals surface area contributed by atoms with Crippen molar-refractivity contribution in [3.63, 3.8) is 0 Å². The van der Waals surface area contributed by atoms with Crippen LogP contribution < -0.4 is 4.72 Å². The van der Waals surface area contributed by atoms with Crippen molar-refractivity contribution in [3.05, 3.63) is 52.0 Å². The maximum atomic E-state index is 12.2. The van der Waals surface area contributed by atoms with Gasteiger partial charge in [0.15, 0.2) is 0 Å². The van der Waals surface area contributed by atoms with Crippen LogP contribution in [0.2, 0.25) is 10.0 Å². The molecule has 0 atom stereocenters. The smallest absolute Gasteiger partial charge is 0.263 e. The van der Waals surface area contributed by atoms with Gasteiger partial charge in [-0.15, -0.1) is 0 Å². The topological polar surface area (TPSA) is 66.4 Å². The molecule has 0 aliphatic rings. The molecule has 0 fully saturated rings. The zero-order valence-corrected chi connectivity index (χ0v) is 12.7. The maximum absolute atomic E-state index is 12.2. The van der Waals surface area contributed by atoms with Gasteiger partial charge in [-0.3, -0.25) is 4.72 Å². The fourth-order valence-corrected chi connectivity index (χ4v) is 3.45. The van der Waals surface area contributed by atoms with E-state index in [9.17, 15) is 13.5 Å². The summed E-state index contributed by atoms with van der Waals surface area (Å²) in [7, 11) is -3.93. The van der Waals surface area contributed by atoms with E-state index in [2.05, 4.69) is 4.72 Å². The average Bonchev–Trinajstić information content (AvgIpc) is 2.35. The van der Waals surface area contributed by atoms with Crippen LogP contribution in [-0.2, 0) is 10.0 Å². The Labute approximate surface area is 127 Å². The van der Waals surface area contributed by atoms with Crippen LogP contribution in [0.3, 0.4) is 0 Å². The summed E-state index contributed by atoms with van der Waals surface area (Å²) < 4.78 is 26.8. The van der Waals surface area contributed by atoms with Crippen LogP contribution in [-0.4, -0.2) is 13.5 Å². The molecule has 0 heterocycles. The second-order valence-electron chi connectivity index (χ2n) is 4.20. The summed E-state index contributed by atoms with van der Waals surface area (Å²) in [5.74, 6) is -0.160. The quantitative estimate of drug-likeness (QED) is 0.840. The van der Waals surface area contributed by atoms with Gasteiger partial charge >= 0.3 is 0 Å². The van der Waals surface area contributed by atoms with Crippen molar-refractivity contribution in [2.75, 3.05) is 4.72 Å². The van der Waals surface area contributed by atoms with Gasteiger partial charge in [0.05, 0.1) is 10.7 Å². The molecule has 2 aromatic rings. The molecule has 20 heavy (non-hydrogen) atoms. The summed E-state index contributed by atoms with van der Waals surface area (Å²) in [5.41, 5.74) is 0.887. The number of aryl methyl sites for hydroxylation is 1. The Morgan fingerprint density at radius 2 is 1.80 bits per heavy atom. The van der Waals surface area contributed by atoms with Crippen LogP contribution in [0.4, 0.5) is 5.69 Å². The Kier molecular flexibility index (Phi) is 4.13. The van der Waals surface area contributed by atoms with E-state index in [1.807, 2.05) is 0 Å². The van der Waals surface area contributed by atoms with Gasteiger partial charge in [-0.2, -0.15) is 0 Å². The highest BCUT2D eigenvalue weighted by Gasteiger charge is 2.19. The van der Waals surface area contributed by atoms with E-state index < -0.39 is 10.0 Å². The molecular formula is C13H11Cl2NO3S. The van der Waals surface area contributed by atoms with Gasteiger partial charge < -0.3 is 5.11 Å². The first-order chi connectivity index (χ1) is 9.29. The SMILES string of the molecule is Cc1ccc(NS(=O)(=O)c2cc(Cl)ccc2Cl)c(O)c1. The number of hydrogen-bond donors (Lipinski definition) is 2. The number of hydrogen-bond acceptors (Lipinski definition) is 3. The Morgan fingerprint density at radius 3 is 2.45 bits per heavy atom. The van der Waals surface area contributed by atoms with Crippen molar-refractivity contribution in [2.24, 2.45) is 0 Å². The van der Waals surface area contributed by atoms with Crippen LogP contribution in [0.5, 0.6) is 5.75 Å². The van der Waals surface area contributed by atoms with Crippen molar-refractivity contribution >= 4 is 38.9 Å². The predicted molar refractivity (Wildman–Crippen MR) is 80.1 cm³/mol. The van der Waals surface area contributed by atoms with Gasteiger partial charge in [0.25, 0.3) is 10.0 Å². The molecule has 0 unspecified atom stereocenters. The van der Waals surface area contributed by atoms with Crippen molar-refractivity contribution < 1.29 is 13.5 Å². The zero-order chi connectivity index (χ0) is 14.9. The molecule has 0 radical (unpaired) electrons. The van der Waals surface area contributed by atoms with Gasteiger partial charge in [-0.1, -0.05) is 29.3 Å². The lowest BCUT2D eigenvalue weighted by molar-refractivity contribution is 0.477. The van der Waals surface area contributed by atoms with E-state index in [1.54, 1.807) is 13.0 Å². The molecule has 7 heteroatoms. The Hall–Kier alpha value is -1.43. The van der Waals surface area contributed by atoms with E-state index >= 15 is 0 Å². The number of halogens is 2. The molecule has 2 N–H and O–H groups in total. The standard InChI is InChI=1S/C13H11Cl2NO3S/c1-8-2-5-11(12(17)6-8)16-20(18,19)13-7-9(14)3-4-10(13)15/h2-7,16-17H,1H3. The molecular weight excluding hydrogens is 321 g/mol. The zero-order valence-electron chi connectivity index (χ0n) is 10.4. The van der Waals surface area contributed by atoms with Crippen molar-refractivity contribution in [2.45, 2.75) is 11.8 Å². The number of aromatic hydroxyl groups is 1. The fraction of sp³-hybridized carbons (Fsp3) is 0.0769. The molecule has 0 aromatic heterocycles. The number of phenols is 1. The van der Waals surface area contributed by atoms with Crippen LogP contribution in [0.15, 0.2) is 41.3 Å². The van der Waals surface area contributed by atoms with Gasteiger partial charge in [-0.05, 0) is 42.8 Å². The summed E-state index contributed by atoms with van der Waals surface area (Å²) in [5, 5.41) is 10.0. The van der Waals surface area contributed by atoms with Crippen LogP contribution >= 0.6 is 23.2 Å². The molecule has 0 saturated heterocycles. The van der Waals surface area contributed by atoms with E-state index in [1.165, 1.54) is 30.3 Å². The summed E-state index contributed by atoms with van der Waals surface area (Å²) in [6, 6.07) is 8.74. The lowest BCUT2D eigenvalue weighted by Gasteiger charge is -2.11. The van der Waals surface area contributed by atoms with Gasteiger partial charge in [-0.25, -0.2) is 8.42 Å². The third-order valence-electron chi connectivity index (χ3n) is 2.58. The molecule has 0 saturated carbocycles. The predicted octanol–water partition coefficient (Wildman–Crippen LogP) is 3.81. The Bertz CT molecular complexity index is 760. The highest BCUT2D eigenvalue weighted by Crippen LogP contribution is 2.30. The Balaban J connectivity index is 2.43. The molecule has 2 rings (SSSR count). The third-order valence-corrected chi connectivity index (χ3v) is 4.66. The molecule has 0 aliphatic carbocycles. The largest absolute Gasteiger partial charge is 0.506 e. The highest BCUT2D eigenvalue weighted by molar-refractivity contribution is 7.92. The van der Waals surface area contributed by atoms with E-state index in [0.29, 0.717) is 0 Å². The first kappa shape index (κ1) is 15.0. The van der Waals surface area contributed by atoms with Crippen molar-refractivity contribution in [1.29, 1.82) is 0 Å². The first-order valence-electron chi connectivity index (χ1n) is 5.57. The van der Waals surface area contributed by atoms with E-state index in [-0.39, 0.29) is 26.4 Å². The summed E-state index contributed by atoms with van der Waals surface area (Å²) in [6.45, 7) is 1.78. The molecule has 0 aliphatic heterocycles. The van der Waals surface area contributed by atoms with Gasteiger partial charge in [0.1, 0.15) is 10.6 Å². The number of anilines is 1. The summed E-state index contributed by atoms with van der Waals surface area (Å²) in [4.78, 5) is -0.147. The van der Waals surface area contributed by atoms with Gasteiger partial charge in [0.2, 0.25) is 0 Å². The molecule has 2 aromatic carbocycles. The van der Waals surface area contributed by atoms with Crippen LogP contribution in [0.25, 0.3) is 0 Å². The molecule has 0 amide bonds. The van der Waals surface area contributed by atoms with E-state index in [4.69, 9.17) is 23.2 Å². The molecule has 0 bridgehead atoms. The fourth-order valence-electron chi connectivity index (χ4n) is 1.61. The van der Waals surface area contributed by atoms with E-state index in [0.717, 1.165) is 5.56 Å². The number of sulfonamides is 1. The minimum atomic E-state index is -3.93. The number of rotatable bonds is 3. The summed E-state index contributed by atoms with van der Waals surface area (Å²) in [6.07, 6.45) is 0. The lowest BCUT2D eigenvalue weighted by Crippen LogP contribution is -2.13. The number of nitrogens with one attached hydrogen (secondary N) is 1. The molecule has 106 valence electrons. The third kappa shape index (κ3) is 3.17. The first-order valence-corrected chi connectivity index (χ1v) is 7.81. The summed E-state index contributed by atoms with van der Waals surface area (Å²) >= 11 is 11.6. The second-order valence-corrected chi connectivity index (χ2v) is 6.70. The van der Waals surface area contributed by atoms with Crippen molar-refractivity contribution in [1.82, 2.24) is 0 Å². The number of phenolic OH excluding ortho intramolecular Hbond substituents is 1. The average molecular weight is 332 g/mol. The van der Waals surface area contributed by atoms with Crippen LogP contribution in [0.1, 0.15) is 5.56 Å². The Morgan fingerprint density at radius 1 is 1.10 bits per heavy atom. The van der Waals surface area contributed by atoms with Gasteiger partial charge in [0, 0.05) is 5.02 Å². The molecule has 0 spiro atoms. The number of benzene rings is 2. The lowest BCUT2D eigenvalue weighted by atomic mass is 10.2. The second kappa shape index (κ2) is 5.52. The van der Waals surface area contributed by atoms with Crippen molar-refractivity contribution in [3.8, 4) is 5.75 Å². The monoisotopic (exact) mass is 331 g/mol. The highest BCUT2D eigenvalue weighted by atomic mass is 35.5. The normalized spacial score (nSPS) is 11.3. The minimum absolute atomic E-state index is 0.0495. The maximum Gasteiger partial charge on any atom is 0.263 e.